The van der Waals surface area contributed by atoms with E-state index in [0.29, 0.717) is 6.42 Å². The number of carbonyl (C=O) groups excluding carboxylic acids is 1. The highest BCUT2D eigenvalue weighted by molar-refractivity contribution is 5.69. The number of hydrogen-bond acceptors (Lipinski definition) is 3. The van der Waals surface area contributed by atoms with Crippen LogP contribution in [0.15, 0.2) is 36.5 Å². The second kappa shape index (κ2) is 28.7. The number of hydrogen-bond donors (Lipinski definition) is 1. The SMILES string of the molecule is CCCCC/C=C\C/C=C\C/C=C\C(CCCCCCCC(=O)O)OC(=O)CCCCCCCCCC. The van der Waals surface area contributed by atoms with E-state index in [9.17, 15) is 9.59 Å². The highest BCUT2D eigenvalue weighted by atomic mass is 16.5. The molecule has 0 saturated carbocycles. The maximum absolute atomic E-state index is 12.4. The average Bonchev–Trinajstić information content (AvgIpc) is 2.87. The van der Waals surface area contributed by atoms with Crippen molar-refractivity contribution in [1.82, 2.24) is 0 Å². The van der Waals surface area contributed by atoms with Gasteiger partial charge in [0.1, 0.15) is 6.10 Å². The Kier molecular flexibility index (Phi) is 27.3. The largest absolute Gasteiger partial charge is 0.481 e. The summed E-state index contributed by atoms with van der Waals surface area (Å²) < 4.78 is 5.82. The van der Waals surface area contributed by atoms with Gasteiger partial charge in [-0.2, -0.15) is 0 Å². The molecule has 37 heavy (non-hydrogen) atoms. The minimum atomic E-state index is -0.717. The predicted octanol–water partition coefficient (Wildman–Crippen LogP) is 10.3. The summed E-state index contributed by atoms with van der Waals surface area (Å²) in [5.74, 6) is -0.795. The molecule has 0 fully saturated rings. The van der Waals surface area contributed by atoms with Gasteiger partial charge in [-0.25, -0.2) is 0 Å². The van der Waals surface area contributed by atoms with Crippen LogP contribution in [0, 0.1) is 0 Å². The van der Waals surface area contributed by atoms with Gasteiger partial charge in [0.15, 0.2) is 0 Å². The molecule has 0 aromatic carbocycles. The maximum Gasteiger partial charge on any atom is 0.306 e. The van der Waals surface area contributed by atoms with Crippen LogP contribution >= 0.6 is 0 Å². The van der Waals surface area contributed by atoms with E-state index >= 15 is 0 Å². The highest BCUT2D eigenvalue weighted by Crippen LogP contribution is 2.15. The number of allylic oxidation sites excluding steroid dienone is 5. The van der Waals surface area contributed by atoms with Crippen LogP contribution in [0.4, 0.5) is 0 Å². The van der Waals surface area contributed by atoms with Gasteiger partial charge in [-0.05, 0) is 57.4 Å². The van der Waals surface area contributed by atoms with Crippen LogP contribution in [0.3, 0.4) is 0 Å². The first kappa shape index (κ1) is 35.2. The number of unbranched alkanes of at least 4 members (excludes halogenated alkanes) is 14. The summed E-state index contributed by atoms with van der Waals surface area (Å²) in [5, 5.41) is 8.75. The molecule has 0 radical (unpaired) electrons. The molecule has 1 atom stereocenters. The molecule has 0 amide bonds. The molecule has 0 saturated heterocycles. The van der Waals surface area contributed by atoms with Gasteiger partial charge in [0.2, 0.25) is 0 Å². The summed E-state index contributed by atoms with van der Waals surface area (Å²) in [7, 11) is 0. The van der Waals surface area contributed by atoms with Crippen molar-refractivity contribution in [1.29, 1.82) is 0 Å². The van der Waals surface area contributed by atoms with E-state index in [1.165, 1.54) is 64.2 Å². The number of ether oxygens (including phenoxy) is 1. The fraction of sp³-hybridized carbons (Fsp3) is 0.758. The number of carbonyl (C=O) groups is 2. The molecular weight excluding hydrogens is 460 g/mol. The van der Waals surface area contributed by atoms with Crippen molar-refractivity contribution in [3.8, 4) is 0 Å². The van der Waals surface area contributed by atoms with Crippen molar-refractivity contribution < 1.29 is 19.4 Å². The molecule has 0 spiro atoms. The zero-order chi connectivity index (χ0) is 27.2. The zero-order valence-corrected chi connectivity index (χ0v) is 24.3. The van der Waals surface area contributed by atoms with Crippen LogP contribution in [0.2, 0.25) is 0 Å². The van der Waals surface area contributed by atoms with E-state index in [-0.39, 0.29) is 18.5 Å². The maximum atomic E-state index is 12.4. The lowest BCUT2D eigenvalue weighted by Gasteiger charge is -2.14. The zero-order valence-electron chi connectivity index (χ0n) is 24.3. The van der Waals surface area contributed by atoms with Gasteiger partial charge >= 0.3 is 11.9 Å². The summed E-state index contributed by atoms with van der Waals surface area (Å²) in [6.07, 6.45) is 35.9. The second-order valence-electron chi connectivity index (χ2n) is 10.3. The molecule has 1 N–H and O–H groups in total. The van der Waals surface area contributed by atoms with Crippen molar-refractivity contribution in [2.24, 2.45) is 0 Å². The fourth-order valence-corrected chi connectivity index (χ4v) is 4.28. The topological polar surface area (TPSA) is 63.6 Å². The Morgan fingerprint density at radius 3 is 1.78 bits per heavy atom. The molecule has 0 aliphatic heterocycles. The standard InChI is InChI=1S/C33H58O4/c1-3-5-7-9-11-13-14-15-16-19-23-27-31(28-24-20-18-21-25-29-32(34)35)37-33(36)30-26-22-17-12-10-8-6-4-2/h11,13,15-16,23,27,31H,3-10,12,14,17-22,24-26,28-30H2,1-2H3,(H,34,35)/b13-11-,16-15-,27-23-. The number of esters is 1. The van der Waals surface area contributed by atoms with Crippen molar-refractivity contribution >= 4 is 11.9 Å². The highest BCUT2D eigenvalue weighted by Gasteiger charge is 2.11. The first-order valence-electron chi connectivity index (χ1n) is 15.5. The van der Waals surface area contributed by atoms with Crippen LogP contribution in [0.5, 0.6) is 0 Å². The third kappa shape index (κ3) is 28.6. The fourth-order valence-electron chi connectivity index (χ4n) is 4.28. The summed E-state index contributed by atoms with van der Waals surface area (Å²) in [6, 6.07) is 0. The van der Waals surface area contributed by atoms with Crippen LogP contribution in [-0.4, -0.2) is 23.1 Å². The van der Waals surface area contributed by atoms with E-state index in [1.807, 2.05) is 0 Å². The number of carboxylic acid groups (broad SMARTS) is 1. The van der Waals surface area contributed by atoms with Gasteiger partial charge in [-0.1, -0.05) is 121 Å². The molecule has 0 heterocycles. The minimum absolute atomic E-state index is 0.0779. The van der Waals surface area contributed by atoms with Gasteiger partial charge in [0.25, 0.3) is 0 Å². The molecule has 0 bridgehead atoms. The van der Waals surface area contributed by atoms with E-state index in [0.717, 1.165) is 64.2 Å². The Morgan fingerprint density at radius 1 is 0.622 bits per heavy atom. The lowest BCUT2D eigenvalue weighted by atomic mass is 10.1. The van der Waals surface area contributed by atoms with Gasteiger partial charge in [-0.15, -0.1) is 0 Å². The van der Waals surface area contributed by atoms with Crippen LogP contribution in [0.1, 0.15) is 155 Å². The first-order chi connectivity index (χ1) is 18.1. The molecule has 214 valence electrons. The Bertz CT molecular complexity index is 605. The molecule has 0 aromatic rings. The second-order valence-corrected chi connectivity index (χ2v) is 10.3. The summed E-state index contributed by atoms with van der Waals surface area (Å²) in [4.78, 5) is 23.1. The lowest BCUT2D eigenvalue weighted by molar-refractivity contribution is -0.147. The smallest absolute Gasteiger partial charge is 0.306 e. The summed E-state index contributed by atoms with van der Waals surface area (Å²) in [6.45, 7) is 4.47. The third-order valence-corrected chi connectivity index (χ3v) is 6.60. The predicted molar refractivity (Wildman–Crippen MR) is 158 cm³/mol. The molecule has 0 aliphatic carbocycles. The van der Waals surface area contributed by atoms with E-state index < -0.39 is 5.97 Å². The van der Waals surface area contributed by atoms with Crippen LogP contribution in [-0.2, 0) is 14.3 Å². The monoisotopic (exact) mass is 518 g/mol. The summed E-state index contributed by atoms with van der Waals surface area (Å²) >= 11 is 0. The van der Waals surface area contributed by atoms with E-state index in [2.05, 4.69) is 50.3 Å². The number of carboxylic acids is 1. The molecule has 0 aliphatic rings. The first-order valence-corrected chi connectivity index (χ1v) is 15.5. The van der Waals surface area contributed by atoms with Gasteiger partial charge in [0.05, 0.1) is 0 Å². The lowest BCUT2D eigenvalue weighted by Crippen LogP contribution is -2.16. The normalized spacial score (nSPS) is 12.7. The van der Waals surface area contributed by atoms with Gasteiger partial charge < -0.3 is 9.84 Å². The molecular formula is C33H58O4. The quantitative estimate of drug-likeness (QED) is 0.0667. The number of aliphatic carboxylic acids is 1. The molecule has 4 nitrogen and oxygen atoms in total. The third-order valence-electron chi connectivity index (χ3n) is 6.60. The van der Waals surface area contributed by atoms with Crippen molar-refractivity contribution in [2.75, 3.05) is 0 Å². The molecule has 4 heteroatoms. The van der Waals surface area contributed by atoms with E-state index in [4.69, 9.17) is 9.84 Å². The summed E-state index contributed by atoms with van der Waals surface area (Å²) in [5.41, 5.74) is 0. The average molecular weight is 519 g/mol. The Hall–Kier alpha value is -1.84. The molecule has 0 rings (SSSR count). The Balaban J connectivity index is 4.30. The molecule has 0 aromatic heterocycles. The van der Waals surface area contributed by atoms with Gasteiger partial charge in [-0.3, -0.25) is 9.59 Å². The van der Waals surface area contributed by atoms with Crippen molar-refractivity contribution in [3.05, 3.63) is 36.5 Å². The van der Waals surface area contributed by atoms with Crippen LogP contribution in [0.25, 0.3) is 0 Å². The minimum Gasteiger partial charge on any atom is -0.481 e. The Morgan fingerprint density at radius 2 is 1.14 bits per heavy atom. The van der Waals surface area contributed by atoms with Crippen molar-refractivity contribution in [2.45, 2.75) is 161 Å². The Labute approximate surface area is 229 Å². The van der Waals surface area contributed by atoms with Gasteiger partial charge in [0, 0.05) is 12.8 Å². The van der Waals surface area contributed by atoms with Crippen LogP contribution < -0.4 is 0 Å². The van der Waals surface area contributed by atoms with Crippen molar-refractivity contribution in [3.63, 3.8) is 0 Å². The molecule has 1 unspecified atom stereocenters. The van der Waals surface area contributed by atoms with E-state index in [1.54, 1.807) is 0 Å². The number of rotatable bonds is 27.